The van der Waals surface area contributed by atoms with Crippen LogP contribution in [0.1, 0.15) is 29.8 Å². The fraction of sp³-hybridized carbons (Fsp3) is 0.118. The number of ketones is 1. The van der Waals surface area contributed by atoms with E-state index in [1.54, 1.807) is 0 Å². The molecular formula is C17H15N3O5S. The molecular weight excluding hydrogens is 358 g/mol. The number of hydrogen-bond donors (Lipinski definition) is 3. The molecule has 134 valence electrons. The predicted octanol–water partition coefficient (Wildman–Crippen LogP) is 2.23. The van der Waals surface area contributed by atoms with Crippen molar-refractivity contribution in [2.24, 2.45) is 0 Å². The maximum absolute atomic E-state index is 12.6. The third-order valence-electron chi connectivity index (χ3n) is 3.36. The number of phenolic OH excluding ortho intramolecular Hbond substituents is 1. The van der Waals surface area contributed by atoms with Gasteiger partial charge < -0.3 is 10.4 Å². The standard InChI is InChI=1S/C17H15N3O5S/c1-10(21)14-7-12(9-18)3-5-15(14)20-26(24,25)13-4-6-17(23)16(8-13)19-11(2)22/h3-8,20,23H,1-2H3,(H,19,22). The molecule has 0 unspecified atom stereocenters. The molecule has 8 nitrogen and oxygen atoms in total. The average molecular weight is 373 g/mol. The number of Topliss-reactive ketones (excluding diaryl/α,β-unsaturated/α-hetero) is 1. The monoisotopic (exact) mass is 373 g/mol. The Balaban J connectivity index is 2.46. The lowest BCUT2D eigenvalue weighted by molar-refractivity contribution is -0.114. The second-order valence-corrected chi connectivity index (χ2v) is 7.08. The van der Waals surface area contributed by atoms with Gasteiger partial charge in [-0.1, -0.05) is 0 Å². The number of nitrogens with one attached hydrogen (secondary N) is 2. The second kappa shape index (κ2) is 7.25. The van der Waals surface area contributed by atoms with Gasteiger partial charge in [-0.15, -0.1) is 0 Å². The van der Waals surface area contributed by atoms with Crippen LogP contribution in [-0.2, 0) is 14.8 Å². The lowest BCUT2D eigenvalue weighted by Crippen LogP contribution is -2.16. The number of nitriles is 1. The first-order valence-electron chi connectivity index (χ1n) is 7.32. The van der Waals surface area contributed by atoms with Crippen LogP contribution in [0.5, 0.6) is 5.75 Å². The summed E-state index contributed by atoms with van der Waals surface area (Å²) in [4.78, 5) is 22.7. The highest BCUT2D eigenvalue weighted by atomic mass is 32.2. The van der Waals surface area contributed by atoms with E-state index in [1.165, 1.54) is 32.0 Å². The van der Waals surface area contributed by atoms with Crippen LogP contribution in [-0.4, -0.2) is 25.2 Å². The molecule has 0 saturated heterocycles. The number of nitrogens with zero attached hydrogens (tertiary/aromatic N) is 1. The van der Waals surface area contributed by atoms with Crippen LogP contribution < -0.4 is 10.0 Å². The lowest BCUT2D eigenvalue weighted by Gasteiger charge is -2.13. The molecule has 0 aliphatic carbocycles. The Labute approximate surface area is 150 Å². The van der Waals surface area contributed by atoms with E-state index < -0.39 is 21.7 Å². The molecule has 9 heteroatoms. The molecule has 0 fully saturated rings. The zero-order valence-corrected chi connectivity index (χ0v) is 14.7. The molecule has 1 amide bonds. The van der Waals surface area contributed by atoms with Crippen LogP contribution in [0.25, 0.3) is 0 Å². The molecule has 0 aliphatic heterocycles. The Kier molecular flexibility index (Phi) is 5.28. The molecule has 0 radical (unpaired) electrons. The quantitative estimate of drug-likeness (QED) is 0.543. The summed E-state index contributed by atoms with van der Waals surface area (Å²) < 4.78 is 27.5. The number of carbonyl (C=O) groups excluding carboxylic acids is 2. The van der Waals surface area contributed by atoms with Crippen molar-refractivity contribution in [1.29, 1.82) is 5.26 Å². The Morgan fingerprint density at radius 3 is 2.35 bits per heavy atom. The first kappa shape index (κ1) is 19.0. The van der Waals surface area contributed by atoms with Crippen LogP contribution in [0.4, 0.5) is 11.4 Å². The Morgan fingerprint density at radius 2 is 1.77 bits per heavy atom. The number of hydrogen-bond acceptors (Lipinski definition) is 6. The van der Waals surface area contributed by atoms with Gasteiger partial charge in [-0.25, -0.2) is 8.42 Å². The van der Waals surface area contributed by atoms with E-state index >= 15 is 0 Å². The maximum atomic E-state index is 12.6. The number of phenols is 1. The minimum Gasteiger partial charge on any atom is -0.506 e. The highest BCUT2D eigenvalue weighted by Gasteiger charge is 2.19. The van der Waals surface area contributed by atoms with Gasteiger partial charge in [0.05, 0.1) is 27.9 Å². The van der Waals surface area contributed by atoms with Gasteiger partial charge in [0.25, 0.3) is 10.0 Å². The molecule has 0 bridgehead atoms. The minimum absolute atomic E-state index is 0.0191. The van der Waals surface area contributed by atoms with Crippen LogP contribution in [0.3, 0.4) is 0 Å². The molecule has 2 aromatic rings. The van der Waals surface area contributed by atoms with E-state index in [0.717, 1.165) is 18.2 Å². The largest absolute Gasteiger partial charge is 0.506 e. The topological polar surface area (TPSA) is 136 Å². The van der Waals surface area contributed by atoms with E-state index in [-0.39, 0.29) is 33.1 Å². The van der Waals surface area contributed by atoms with Crippen molar-refractivity contribution in [2.75, 3.05) is 10.0 Å². The number of carbonyl (C=O) groups is 2. The highest BCUT2D eigenvalue weighted by Crippen LogP contribution is 2.28. The van der Waals surface area contributed by atoms with Gasteiger partial charge in [-0.2, -0.15) is 5.26 Å². The van der Waals surface area contributed by atoms with Gasteiger partial charge in [0.1, 0.15) is 5.75 Å². The molecule has 2 rings (SSSR count). The number of anilines is 2. The Hall–Kier alpha value is -3.38. The average Bonchev–Trinajstić information content (AvgIpc) is 2.56. The Bertz CT molecular complexity index is 1040. The minimum atomic E-state index is -4.11. The van der Waals surface area contributed by atoms with E-state index in [0.29, 0.717) is 0 Å². The summed E-state index contributed by atoms with van der Waals surface area (Å²) in [5, 5.41) is 20.9. The molecule has 26 heavy (non-hydrogen) atoms. The molecule has 3 N–H and O–H groups in total. The Morgan fingerprint density at radius 1 is 1.08 bits per heavy atom. The zero-order chi connectivity index (χ0) is 19.5. The van der Waals surface area contributed by atoms with Crippen molar-refractivity contribution >= 4 is 33.1 Å². The summed E-state index contributed by atoms with van der Waals surface area (Å²) in [6.07, 6.45) is 0. The summed E-state index contributed by atoms with van der Waals surface area (Å²) in [7, 11) is -4.11. The number of rotatable bonds is 5. The summed E-state index contributed by atoms with van der Waals surface area (Å²) in [6.45, 7) is 2.47. The molecule has 2 aromatic carbocycles. The summed E-state index contributed by atoms with van der Waals surface area (Å²) >= 11 is 0. The van der Waals surface area contributed by atoms with Crippen LogP contribution in [0, 0.1) is 11.3 Å². The number of amides is 1. The second-order valence-electron chi connectivity index (χ2n) is 5.39. The van der Waals surface area contributed by atoms with Gasteiger partial charge in [0.2, 0.25) is 5.91 Å². The lowest BCUT2D eigenvalue weighted by atomic mass is 10.1. The van der Waals surface area contributed by atoms with Crippen molar-refractivity contribution in [2.45, 2.75) is 18.7 Å². The number of benzene rings is 2. The van der Waals surface area contributed by atoms with E-state index in [9.17, 15) is 23.1 Å². The van der Waals surface area contributed by atoms with Crippen molar-refractivity contribution in [3.8, 4) is 11.8 Å². The van der Waals surface area contributed by atoms with Gasteiger partial charge in [0, 0.05) is 12.5 Å². The summed E-state index contributed by atoms with van der Waals surface area (Å²) in [6, 6.07) is 9.25. The number of sulfonamides is 1. The summed E-state index contributed by atoms with van der Waals surface area (Å²) in [5.74, 6) is -1.18. The third-order valence-corrected chi connectivity index (χ3v) is 4.72. The van der Waals surface area contributed by atoms with Crippen molar-refractivity contribution in [3.63, 3.8) is 0 Å². The molecule has 0 atom stereocenters. The van der Waals surface area contributed by atoms with E-state index in [2.05, 4.69) is 10.0 Å². The maximum Gasteiger partial charge on any atom is 0.261 e. The van der Waals surface area contributed by atoms with Gasteiger partial charge in [-0.3, -0.25) is 14.3 Å². The van der Waals surface area contributed by atoms with Gasteiger partial charge in [0.15, 0.2) is 5.78 Å². The molecule has 0 spiro atoms. The number of aromatic hydroxyl groups is 1. The van der Waals surface area contributed by atoms with Gasteiger partial charge in [-0.05, 0) is 43.3 Å². The first-order chi connectivity index (χ1) is 12.1. The van der Waals surface area contributed by atoms with Crippen molar-refractivity contribution < 1.29 is 23.1 Å². The van der Waals surface area contributed by atoms with Crippen LogP contribution in [0.15, 0.2) is 41.3 Å². The predicted molar refractivity (Wildman–Crippen MR) is 94.4 cm³/mol. The zero-order valence-electron chi connectivity index (χ0n) is 13.9. The third kappa shape index (κ3) is 4.17. The fourth-order valence-corrected chi connectivity index (χ4v) is 3.28. The first-order valence-corrected chi connectivity index (χ1v) is 8.81. The summed E-state index contributed by atoms with van der Waals surface area (Å²) in [5.41, 5.74) is 0.224. The molecule has 0 aromatic heterocycles. The highest BCUT2D eigenvalue weighted by molar-refractivity contribution is 7.92. The molecule has 0 heterocycles. The molecule has 0 saturated carbocycles. The fourth-order valence-electron chi connectivity index (χ4n) is 2.17. The molecule has 0 aliphatic rings. The van der Waals surface area contributed by atoms with Crippen molar-refractivity contribution in [3.05, 3.63) is 47.5 Å². The SMILES string of the molecule is CC(=O)Nc1cc(S(=O)(=O)Nc2ccc(C#N)cc2C(C)=O)ccc1O. The van der Waals surface area contributed by atoms with E-state index in [1.807, 2.05) is 6.07 Å². The van der Waals surface area contributed by atoms with Crippen molar-refractivity contribution in [1.82, 2.24) is 0 Å². The smallest absolute Gasteiger partial charge is 0.261 e. The van der Waals surface area contributed by atoms with Crippen LogP contribution in [0.2, 0.25) is 0 Å². The normalized spacial score (nSPS) is 10.7. The van der Waals surface area contributed by atoms with E-state index in [4.69, 9.17) is 5.26 Å². The van der Waals surface area contributed by atoms with Crippen LogP contribution >= 0.6 is 0 Å². The van der Waals surface area contributed by atoms with Gasteiger partial charge >= 0.3 is 0 Å².